The van der Waals surface area contributed by atoms with Crippen LogP contribution in [-0.4, -0.2) is 9.36 Å². The first-order chi connectivity index (χ1) is 4.11. The summed E-state index contributed by atoms with van der Waals surface area (Å²) < 4.78 is 37.6. The fourth-order valence-electron chi connectivity index (χ4n) is 0.265. The summed E-state index contributed by atoms with van der Waals surface area (Å²) in [6.45, 7) is 0. The Hall–Kier alpha value is -0.650. The van der Waals surface area contributed by atoms with Gasteiger partial charge in [0.15, 0.2) is 0 Å². The quantitative estimate of drug-likeness (QED) is 0.562. The molecule has 0 amide bonds. The van der Waals surface area contributed by atoms with Crippen LogP contribution in [0.5, 0.6) is 0 Å². The second-order valence-corrected chi connectivity index (χ2v) is 1.95. The highest BCUT2D eigenvalue weighted by molar-refractivity contribution is 7.05. The van der Waals surface area contributed by atoms with E-state index in [-0.39, 0.29) is 11.5 Å². The molecule has 1 rings (SSSR count). The molecule has 9 heavy (non-hydrogen) atoms. The molecule has 0 spiro atoms. The van der Waals surface area contributed by atoms with Crippen molar-refractivity contribution in [1.82, 2.24) is 9.36 Å². The van der Waals surface area contributed by atoms with Gasteiger partial charge in [-0.25, -0.2) is 4.98 Å². The average Bonchev–Trinajstić information content (AvgIpc) is 2.08. The van der Waals surface area contributed by atoms with Gasteiger partial charge in [0.2, 0.25) is 11.3 Å². The van der Waals surface area contributed by atoms with Crippen LogP contribution in [0.2, 0.25) is 0 Å². The topological polar surface area (TPSA) is 25.8 Å². The number of alkyl halides is 3. The van der Waals surface area contributed by atoms with Crippen molar-refractivity contribution in [3.8, 4) is 0 Å². The Balaban J connectivity index is 2.90. The molecule has 1 radical (unpaired) electrons. The molecule has 2 nitrogen and oxygen atoms in total. The zero-order valence-electron chi connectivity index (χ0n) is 3.94. The van der Waals surface area contributed by atoms with Gasteiger partial charge >= 0.3 is 6.18 Å². The van der Waals surface area contributed by atoms with Gasteiger partial charge in [0, 0.05) is 0 Å². The van der Waals surface area contributed by atoms with Crippen LogP contribution in [0, 0.1) is 6.33 Å². The number of aromatic nitrogens is 2. The Bertz CT molecular complexity index is 179. The van der Waals surface area contributed by atoms with Gasteiger partial charge in [-0.3, -0.25) is 0 Å². The minimum absolute atomic E-state index is 0.288. The predicted molar refractivity (Wildman–Crippen MR) is 23.7 cm³/mol. The molecule has 0 N–H and O–H groups in total. The van der Waals surface area contributed by atoms with E-state index in [9.17, 15) is 13.2 Å². The highest BCUT2D eigenvalue weighted by Gasteiger charge is 2.34. The summed E-state index contributed by atoms with van der Waals surface area (Å²) in [7, 11) is 0. The summed E-state index contributed by atoms with van der Waals surface area (Å²) in [6, 6.07) is 0. The molecule has 0 aliphatic heterocycles. The zero-order chi connectivity index (χ0) is 6.91. The molecule has 0 aliphatic rings. The van der Waals surface area contributed by atoms with Crippen LogP contribution < -0.4 is 0 Å². The van der Waals surface area contributed by atoms with Crippen LogP contribution >= 0.6 is 11.5 Å². The number of halogens is 3. The van der Waals surface area contributed by atoms with Crippen LogP contribution in [0.4, 0.5) is 13.2 Å². The molecule has 6 heteroatoms. The zero-order valence-corrected chi connectivity index (χ0v) is 4.75. The second-order valence-electron chi connectivity index (χ2n) is 1.20. The van der Waals surface area contributed by atoms with Gasteiger partial charge in [0.25, 0.3) is 0 Å². The lowest BCUT2D eigenvalue weighted by atomic mass is 10.7. The lowest BCUT2D eigenvalue weighted by Crippen LogP contribution is -2.02. The maximum Gasteiger partial charge on any atom is 0.444 e. The van der Waals surface area contributed by atoms with Crippen LogP contribution in [-0.2, 0) is 6.18 Å². The lowest BCUT2D eigenvalue weighted by Gasteiger charge is -1.96. The van der Waals surface area contributed by atoms with E-state index in [0.717, 1.165) is 0 Å². The Kier molecular flexibility index (Phi) is 1.40. The van der Waals surface area contributed by atoms with E-state index in [1.807, 2.05) is 6.33 Å². The minimum Gasteiger partial charge on any atom is -0.208 e. The standard InChI is InChI=1S/C3F3N2S/c4-3(5,6)2-7-1-8-9-2. The first kappa shape index (κ1) is 6.47. The molecular formula is C3F3N2S. The van der Waals surface area contributed by atoms with Gasteiger partial charge in [-0.15, -0.1) is 0 Å². The molecule has 0 saturated carbocycles. The van der Waals surface area contributed by atoms with Crippen LogP contribution in [0.15, 0.2) is 0 Å². The van der Waals surface area contributed by atoms with Crippen molar-refractivity contribution >= 4 is 11.5 Å². The average molecular weight is 153 g/mol. The smallest absolute Gasteiger partial charge is 0.208 e. The summed E-state index contributed by atoms with van der Waals surface area (Å²) >= 11 is 0.288. The van der Waals surface area contributed by atoms with Gasteiger partial charge in [-0.1, -0.05) is 0 Å². The van der Waals surface area contributed by atoms with E-state index in [1.54, 1.807) is 0 Å². The monoisotopic (exact) mass is 153 g/mol. The largest absolute Gasteiger partial charge is 0.444 e. The summed E-state index contributed by atoms with van der Waals surface area (Å²) in [4.78, 5) is 2.84. The fourth-order valence-corrected chi connectivity index (χ4v) is 0.618. The Morgan fingerprint density at radius 3 is 2.33 bits per heavy atom. The van der Waals surface area contributed by atoms with Gasteiger partial charge in [0.1, 0.15) is 0 Å². The molecular weight excluding hydrogens is 153 g/mol. The molecule has 0 bridgehead atoms. The number of hydrogen-bond acceptors (Lipinski definition) is 3. The summed E-state index contributed by atoms with van der Waals surface area (Å²) in [5, 5.41) is -0.956. The molecule has 1 aromatic rings. The molecule has 49 valence electrons. The molecule has 0 fully saturated rings. The van der Waals surface area contributed by atoms with Crippen molar-refractivity contribution in [2.75, 3.05) is 0 Å². The Morgan fingerprint density at radius 2 is 2.11 bits per heavy atom. The summed E-state index contributed by atoms with van der Waals surface area (Å²) in [5.41, 5.74) is 0. The SMILES string of the molecule is FC(F)(F)c1n[c]ns1. The number of hydrogen-bond donors (Lipinski definition) is 0. The third kappa shape index (κ3) is 1.38. The maximum absolute atomic E-state index is 11.5. The van der Waals surface area contributed by atoms with Crippen LogP contribution in [0.1, 0.15) is 5.01 Å². The lowest BCUT2D eigenvalue weighted by molar-refractivity contribution is -0.137. The molecule has 0 saturated heterocycles. The fraction of sp³-hybridized carbons (Fsp3) is 0.333. The molecule has 0 unspecified atom stereocenters. The Labute approximate surface area is 52.5 Å². The van der Waals surface area contributed by atoms with E-state index < -0.39 is 11.2 Å². The van der Waals surface area contributed by atoms with Gasteiger partial charge < -0.3 is 0 Å². The van der Waals surface area contributed by atoms with Gasteiger partial charge in [0.05, 0.1) is 0 Å². The van der Waals surface area contributed by atoms with E-state index in [1.165, 1.54) is 0 Å². The molecule has 0 atom stereocenters. The van der Waals surface area contributed by atoms with Crippen LogP contribution in [0.25, 0.3) is 0 Å². The Morgan fingerprint density at radius 1 is 1.44 bits per heavy atom. The number of rotatable bonds is 0. The van der Waals surface area contributed by atoms with Crippen molar-refractivity contribution in [2.45, 2.75) is 6.18 Å². The highest BCUT2D eigenvalue weighted by Crippen LogP contribution is 2.28. The second kappa shape index (κ2) is 1.94. The summed E-state index contributed by atoms with van der Waals surface area (Å²) in [6.07, 6.45) is -2.53. The van der Waals surface area contributed by atoms with Gasteiger partial charge in [-0.2, -0.15) is 17.5 Å². The first-order valence-electron chi connectivity index (χ1n) is 1.87. The van der Waals surface area contributed by atoms with Crippen molar-refractivity contribution in [1.29, 1.82) is 0 Å². The van der Waals surface area contributed by atoms with Crippen molar-refractivity contribution in [3.63, 3.8) is 0 Å². The molecule has 1 heterocycles. The normalized spacial score (nSPS) is 11.9. The third-order valence-electron chi connectivity index (χ3n) is 0.567. The van der Waals surface area contributed by atoms with E-state index in [4.69, 9.17) is 0 Å². The predicted octanol–water partition coefficient (Wildman–Crippen LogP) is 1.36. The minimum atomic E-state index is -4.36. The van der Waals surface area contributed by atoms with Crippen molar-refractivity contribution < 1.29 is 13.2 Å². The van der Waals surface area contributed by atoms with Crippen LogP contribution in [0.3, 0.4) is 0 Å². The molecule has 0 aromatic carbocycles. The molecule has 1 aromatic heterocycles. The third-order valence-corrected chi connectivity index (χ3v) is 1.24. The first-order valence-corrected chi connectivity index (χ1v) is 2.65. The highest BCUT2D eigenvalue weighted by atomic mass is 32.1. The number of nitrogens with zero attached hydrogens (tertiary/aromatic N) is 2. The van der Waals surface area contributed by atoms with E-state index in [2.05, 4.69) is 9.36 Å². The van der Waals surface area contributed by atoms with Gasteiger partial charge in [-0.05, 0) is 11.5 Å². The van der Waals surface area contributed by atoms with Crippen molar-refractivity contribution in [2.24, 2.45) is 0 Å². The van der Waals surface area contributed by atoms with Crippen molar-refractivity contribution in [3.05, 3.63) is 11.3 Å². The van der Waals surface area contributed by atoms with E-state index >= 15 is 0 Å². The molecule has 0 aliphatic carbocycles. The maximum atomic E-state index is 11.5. The summed E-state index contributed by atoms with van der Waals surface area (Å²) in [5.74, 6) is 0. The van der Waals surface area contributed by atoms with E-state index in [0.29, 0.717) is 0 Å².